The smallest absolute Gasteiger partial charge is 0.305 e. The second-order valence-electron chi connectivity index (χ2n) is 5.04. The molecule has 0 aromatic heterocycles. The molecule has 0 bridgehead atoms. The third-order valence-corrected chi connectivity index (χ3v) is 3.52. The van der Waals surface area contributed by atoms with Gasteiger partial charge in [0.25, 0.3) is 0 Å². The molecule has 1 aromatic carbocycles. The number of nitro benzene ring substituents is 1. The van der Waals surface area contributed by atoms with Gasteiger partial charge in [-0.3, -0.25) is 10.1 Å². The van der Waals surface area contributed by atoms with E-state index in [1.807, 2.05) is 0 Å². The molecule has 1 atom stereocenters. The predicted octanol–water partition coefficient (Wildman–Crippen LogP) is 2.46. The highest BCUT2D eigenvalue weighted by Crippen LogP contribution is 2.61. The van der Waals surface area contributed by atoms with E-state index >= 15 is 0 Å². The number of rotatable bonds is 2. The lowest BCUT2D eigenvalue weighted by molar-refractivity contribution is -0.387. The number of hydrogen-bond acceptors (Lipinski definition) is 3. The first-order valence-electron chi connectivity index (χ1n) is 5.12. The van der Waals surface area contributed by atoms with Gasteiger partial charge in [0.2, 0.25) is 5.82 Å². The molecule has 1 aliphatic rings. The van der Waals surface area contributed by atoms with Crippen LogP contribution in [0.2, 0.25) is 0 Å². The number of halogens is 2. The van der Waals surface area contributed by atoms with Crippen LogP contribution in [0, 0.1) is 27.2 Å². The molecule has 2 N–H and O–H groups in total. The first-order valence-corrected chi connectivity index (χ1v) is 5.12. The Bertz CT molecular complexity index is 516. The fourth-order valence-electron chi connectivity index (χ4n) is 2.17. The number of benzene rings is 1. The second-order valence-corrected chi connectivity index (χ2v) is 5.04. The van der Waals surface area contributed by atoms with E-state index in [1.54, 1.807) is 13.8 Å². The van der Waals surface area contributed by atoms with E-state index in [-0.39, 0.29) is 5.56 Å². The zero-order valence-electron chi connectivity index (χ0n) is 9.46. The van der Waals surface area contributed by atoms with Crippen LogP contribution >= 0.6 is 0 Å². The highest BCUT2D eigenvalue weighted by molar-refractivity contribution is 5.45. The van der Waals surface area contributed by atoms with E-state index in [4.69, 9.17) is 5.73 Å². The molecule has 17 heavy (non-hydrogen) atoms. The second kappa shape index (κ2) is 3.22. The lowest BCUT2D eigenvalue weighted by atomic mass is 9.95. The molecule has 0 spiro atoms. The van der Waals surface area contributed by atoms with E-state index in [9.17, 15) is 18.9 Å². The molecule has 0 radical (unpaired) electrons. The molecule has 92 valence electrons. The Kier molecular flexibility index (Phi) is 2.26. The van der Waals surface area contributed by atoms with Crippen LogP contribution in [-0.4, -0.2) is 4.92 Å². The number of nitrogens with zero attached hydrogens (tertiary/aromatic N) is 1. The van der Waals surface area contributed by atoms with Crippen LogP contribution in [0.1, 0.15) is 25.8 Å². The van der Waals surface area contributed by atoms with E-state index in [2.05, 4.69) is 0 Å². The van der Waals surface area contributed by atoms with Crippen molar-refractivity contribution in [2.75, 3.05) is 0 Å². The molecule has 1 saturated carbocycles. The van der Waals surface area contributed by atoms with Crippen LogP contribution in [0.4, 0.5) is 14.5 Å². The van der Waals surface area contributed by atoms with Gasteiger partial charge in [-0.15, -0.1) is 0 Å². The Morgan fingerprint density at radius 1 is 1.41 bits per heavy atom. The van der Waals surface area contributed by atoms with Gasteiger partial charge in [0.05, 0.1) is 16.0 Å². The molecule has 0 saturated heterocycles. The van der Waals surface area contributed by atoms with Gasteiger partial charge in [-0.05, 0) is 17.9 Å². The van der Waals surface area contributed by atoms with Crippen molar-refractivity contribution in [3.8, 4) is 0 Å². The molecule has 4 nitrogen and oxygen atoms in total. The van der Waals surface area contributed by atoms with Gasteiger partial charge < -0.3 is 5.73 Å². The zero-order valence-corrected chi connectivity index (χ0v) is 9.46. The summed E-state index contributed by atoms with van der Waals surface area (Å²) in [5.41, 5.74) is 3.18. The summed E-state index contributed by atoms with van der Waals surface area (Å²) in [6.07, 6.45) is 0.398. The van der Waals surface area contributed by atoms with Gasteiger partial charge in [0.1, 0.15) is 5.82 Å². The van der Waals surface area contributed by atoms with Gasteiger partial charge in [0, 0.05) is 6.07 Å². The molecule has 0 aliphatic heterocycles. The van der Waals surface area contributed by atoms with Crippen LogP contribution in [0.25, 0.3) is 0 Å². The van der Waals surface area contributed by atoms with Gasteiger partial charge >= 0.3 is 5.69 Å². The Labute approximate surface area is 96.6 Å². The van der Waals surface area contributed by atoms with Crippen molar-refractivity contribution in [3.05, 3.63) is 39.4 Å². The number of hydrogen-bond donors (Lipinski definition) is 1. The maximum Gasteiger partial charge on any atom is 0.305 e. The zero-order chi connectivity index (χ0) is 13.0. The topological polar surface area (TPSA) is 69.2 Å². The molecular formula is C11H12F2N2O2. The highest BCUT2D eigenvalue weighted by atomic mass is 19.1. The Morgan fingerprint density at radius 2 is 1.94 bits per heavy atom. The summed E-state index contributed by atoms with van der Waals surface area (Å²) in [6, 6.07) is 1.70. The van der Waals surface area contributed by atoms with Crippen molar-refractivity contribution in [3.63, 3.8) is 0 Å². The molecule has 1 unspecified atom stereocenters. The third-order valence-electron chi connectivity index (χ3n) is 3.52. The summed E-state index contributed by atoms with van der Waals surface area (Å²) in [5, 5.41) is 10.6. The number of nitrogens with two attached hydrogens (primary N) is 1. The van der Waals surface area contributed by atoms with Crippen molar-refractivity contribution in [1.29, 1.82) is 0 Å². The first-order chi connectivity index (χ1) is 7.71. The standard InChI is InChI=1S/C11H12F2N2O2/c1-10(2)5-11(10,14)8-6(12)3-4-7(9(8)13)15(16)17/h3-4H,5,14H2,1-2H3. The molecule has 0 heterocycles. The number of nitro groups is 1. The minimum atomic E-state index is -1.16. The molecule has 2 rings (SSSR count). The van der Waals surface area contributed by atoms with Crippen LogP contribution in [0.3, 0.4) is 0 Å². The van der Waals surface area contributed by atoms with Crippen molar-refractivity contribution in [2.45, 2.75) is 25.8 Å². The maximum absolute atomic E-state index is 13.9. The molecule has 1 fully saturated rings. The predicted molar refractivity (Wildman–Crippen MR) is 57.3 cm³/mol. The normalized spacial score (nSPS) is 25.7. The Balaban J connectivity index is 2.63. The van der Waals surface area contributed by atoms with E-state index in [0.29, 0.717) is 6.42 Å². The van der Waals surface area contributed by atoms with Crippen LogP contribution < -0.4 is 5.73 Å². The average Bonchev–Trinajstić information content (AvgIpc) is 2.65. The lowest BCUT2D eigenvalue weighted by Gasteiger charge is -2.16. The monoisotopic (exact) mass is 242 g/mol. The van der Waals surface area contributed by atoms with E-state index in [1.165, 1.54) is 0 Å². The van der Waals surface area contributed by atoms with Gasteiger partial charge in [-0.2, -0.15) is 4.39 Å². The van der Waals surface area contributed by atoms with Crippen LogP contribution in [0.15, 0.2) is 12.1 Å². The van der Waals surface area contributed by atoms with Crippen molar-refractivity contribution in [1.82, 2.24) is 0 Å². The molecule has 6 heteroatoms. The molecule has 0 amide bonds. The highest BCUT2D eigenvalue weighted by Gasteiger charge is 2.62. The molecular weight excluding hydrogens is 230 g/mol. The van der Waals surface area contributed by atoms with Crippen molar-refractivity contribution < 1.29 is 13.7 Å². The van der Waals surface area contributed by atoms with Crippen LogP contribution in [0.5, 0.6) is 0 Å². The van der Waals surface area contributed by atoms with Crippen molar-refractivity contribution in [2.24, 2.45) is 11.1 Å². The summed E-state index contributed by atoms with van der Waals surface area (Å²) in [5.74, 6) is -2.00. The average molecular weight is 242 g/mol. The molecule has 1 aliphatic carbocycles. The summed E-state index contributed by atoms with van der Waals surface area (Å²) >= 11 is 0. The Morgan fingerprint density at radius 3 is 2.35 bits per heavy atom. The summed E-state index contributed by atoms with van der Waals surface area (Å²) in [4.78, 5) is 9.72. The minimum Gasteiger partial charge on any atom is -0.321 e. The molecule has 1 aromatic rings. The summed E-state index contributed by atoms with van der Waals surface area (Å²) in [6.45, 7) is 3.54. The largest absolute Gasteiger partial charge is 0.321 e. The maximum atomic E-state index is 13.9. The first kappa shape index (κ1) is 11.9. The lowest BCUT2D eigenvalue weighted by Crippen LogP contribution is -2.28. The fourth-order valence-corrected chi connectivity index (χ4v) is 2.17. The van der Waals surface area contributed by atoms with Gasteiger partial charge in [-0.1, -0.05) is 13.8 Å². The quantitative estimate of drug-likeness (QED) is 0.639. The summed E-state index contributed by atoms with van der Waals surface area (Å²) < 4.78 is 27.5. The van der Waals surface area contributed by atoms with Gasteiger partial charge in [0.15, 0.2) is 0 Å². The summed E-state index contributed by atoms with van der Waals surface area (Å²) in [7, 11) is 0. The third kappa shape index (κ3) is 1.51. The van der Waals surface area contributed by atoms with Gasteiger partial charge in [-0.25, -0.2) is 4.39 Å². The van der Waals surface area contributed by atoms with E-state index in [0.717, 1.165) is 12.1 Å². The SMILES string of the molecule is CC1(C)CC1(N)c1c(F)ccc([N+](=O)[O-])c1F. The minimum absolute atomic E-state index is 0.378. The van der Waals surface area contributed by atoms with Crippen molar-refractivity contribution >= 4 is 5.69 Å². The van der Waals surface area contributed by atoms with Crippen LogP contribution in [-0.2, 0) is 5.54 Å². The Hall–Kier alpha value is -1.56. The van der Waals surface area contributed by atoms with E-state index < -0.39 is 33.2 Å². The fraction of sp³-hybridized carbons (Fsp3) is 0.455.